The van der Waals surface area contributed by atoms with Gasteiger partial charge in [-0.3, -0.25) is 0 Å². The number of ether oxygens (including phenoxy) is 2. The third-order valence-corrected chi connectivity index (χ3v) is 9.06. The second-order valence-electron chi connectivity index (χ2n) is 12.9. The van der Waals surface area contributed by atoms with Crippen molar-refractivity contribution in [3.05, 3.63) is 11.6 Å². The molecule has 0 aromatic heterocycles. The molecule has 0 aliphatic carbocycles. The molecule has 6 atom stereocenters. The average molecular weight is 581 g/mol. The fraction of sp³-hybridized carbons (Fsp3) is 0.914. The Morgan fingerprint density at radius 2 is 1.12 bits per heavy atom. The lowest BCUT2D eigenvalue weighted by atomic mass is 9.99. The molecule has 0 radical (unpaired) electrons. The number of unbranched alkanes of at least 4 members (excludes halogenated alkanes) is 14. The lowest BCUT2D eigenvalue weighted by Gasteiger charge is -2.22. The number of carbonyl (C=O) groups excluding carboxylic acids is 1. The number of aliphatic hydroxyl groups excluding tert-OH is 3. The van der Waals surface area contributed by atoms with Gasteiger partial charge in [-0.05, 0) is 64.4 Å². The van der Waals surface area contributed by atoms with E-state index in [1.54, 1.807) is 0 Å². The summed E-state index contributed by atoms with van der Waals surface area (Å²) in [4.78, 5) is 11.6. The standard InChI is InChI=1S/C35H64O6/c1-3-4-5-6-7-8-13-18-23-31(37)33-25-26-34(41-33)32(38)24-19-14-17-22-30(36)21-16-12-10-9-11-15-20-29-27-28(2)40-35(29)39/h27-28,30-34,36-38H,3-26H2,1-2H3/t28-,30?,31?,32?,33?,34?/m0/s1. The summed E-state index contributed by atoms with van der Waals surface area (Å²) >= 11 is 0. The molecule has 2 rings (SSSR count). The van der Waals surface area contributed by atoms with Gasteiger partial charge in [0.2, 0.25) is 0 Å². The molecule has 41 heavy (non-hydrogen) atoms. The zero-order valence-electron chi connectivity index (χ0n) is 26.6. The minimum Gasteiger partial charge on any atom is -0.455 e. The third-order valence-electron chi connectivity index (χ3n) is 9.06. The highest BCUT2D eigenvalue weighted by atomic mass is 16.5. The molecule has 0 amide bonds. The Kier molecular flexibility index (Phi) is 20.0. The van der Waals surface area contributed by atoms with E-state index in [1.807, 2.05) is 13.0 Å². The zero-order valence-corrected chi connectivity index (χ0v) is 26.6. The Labute approximate surface area is 251 Å². The Morgan fingerprint density at radius 3 is 1.61 bits per heavy atom. The lowest BCUT2D eigenvalue weighted by Crippen LogP contribution is -2.31. The fourth-order valence-corrected chi connectivity index (χ4v) is 6.39. The molecule has 240 valence electrons. The minimum atomic E-state index is -0.451. The number of esters is 1. The van der Waals surface area contributed by atoms with Crippen LogP contribution >= 0.6 is 0 Å². The first-order valence-corrected chi connectivity index (χ1v) is 17.5. The topological polar surface area (TPSA) is 96.2 Å². The number of cyclic esters (lactones) is 1. The van der Waals surface area contributed by atoms with Gasteiger partial charge in [0.25, 0.3) is 0 Å². The summed E-state index contributed by atoms with van der Waals surface area (Å²) in [6.45, 7) is 4.15. The van der Waals surface area contributed by atoms with Crippen molar-refractivity contribution in [1.82, 2.24) is 0 Å². The highest BCUT2D eigenvalue weighted by Crippen LogP contribution is 2.28. The Balaban J connectivity index is 1.37. The van der Waals surface area contributed by atoms with Crippen molar-refractivity contribution < 1.29 is 29.6 Å². The number of hydrogen-bond donors (Lipinski definition) is 3. The zero-order chi connectivity index (χ0) is 29.7. The maximum Gasteiger partial charge on any atom is 0.334 e. The van der Waals surface area contributed by atoms with E-state index in [1.165, 1.54) is 57.8 Å². The summed E-state index contributed by atoms with van der Waals surface area (Å²) in [6, 6.07) is 0. The van der Waals surface area contributed by atoms with Gasteiger partial charge < -0.3 is 24.8 Å². The van der Waals surface area contributed by atoms with Crippen molar-refractivity contribution in [2.75, 3.05) is 0 Å². The summed E-state index contributed by atoms with van der Waals surface area (Å²) in [5.74, 6) is -0.140. The Morgan fingerprint density at radius 1 is 0.683 bits per heavy atom. The van der Waals surface area contributed by atoms with Gasteiger partial charge in [-0.25, -0.2) is 4.79 Å². The van der Waals surface area contributed by atoms with Crippen LogP contribution in [0.4, 0.5) is 0 Å². The maximum atomic E-state index is 11.6. The molecule has 6 heteroatoms. The van der Waals surface area contributed by atoms with Crippen LogP contribution in [0.3, 0.4) is 0 Å². The summed E-state index contributed by atoms with van der Waals surface area (Å²) in [7, 11) is 0. The van der Waals surface area contributed by atoms with Crippen molar-refractivity contribution in [2.45, 2.75) is 205 Å². The summed E-state index contributed by atoms with van der Waals surface area (Å²) in [6.07, 6.45) is 26.2. The van der Waals surface area contributed by atoms with Crippen LogP contribution in [0.25, 0.3) is 0 Å². The minimum absolute atomic E-state index is 0.0649. The van der Waals surface area contributed by atoms with E-state index >= 15 is 0 Å². The van der Waals surface area contributed by atoms with Gasteiger partial charge >= 0.3 is 5.97 Å². The van der Waals surface area contributed by atoms with Crippen LogP contribution in [0.1, 0.15) is 168 Å². The van der Waals surface area contributed by atoms with Gasteiger partial charge in [-0.15, -0.1) is 0 Å². The van der Waals surface area contributed by atoms with Gasteiger partial charge in [0.15, 0.2) is 0 Å². The van der Waals surface area contributed by atoms with Crippen molar-refractivity contribution in [3.8, 4) is 0 Å². The van der Waals surface area contributed by atoms with Crippen molar-refractivity contribution in [2.24, 2.45) is 0 Å². The number of hydrogen-bond acceptors (Lipinski definition) is 6. The van der Waals surface area contributed by atoms with E-state index in [-0.39, 0.29) is 30.4 Å². The highest BCUT2D eigenvalue weighted by molar-refractivity contribution is 5.90. The molecule has 0 spiro atoms. The van der Waals surface area contributed by atoms with Crippen LogP contribution in [-0.4, -0.2) is 57.9 Å². The van der Waals surface area contributed by atoms with Crippen LogP contribution < -0.4 is 0 Å². The molecule has 6 nitrogen and oxygen atoms in total. The first-order valence-electron chi connectivity index (χ1n) is 17.5. The Hall–Kier alpha value is -0.950. The molecular formula is C35H64O6. The quantitative estimate of drug-likeness (QED) is 0.0707. The average Bonchev–Trinajstić information content (AvgIpc) is 3.57. The normalized spacial score (nSPS) is 23.0. The lowest BCUT2D eigenvalue weighted by molar-refractivity contribution is -0.139. The smallest absolute Gasteiger partial charge is 0.334 e. The molecule has 0 aromatic carbocycles. The molecule has 5 unspecified atom stereocenters. The van der Waals surface area contributed by atoms with Crippen LogP contribution in [0, 0.1) is 0 Å². The van der Waals surface area contributed by atoms with E-state index in [4.69, 9.17) is 9.47 Å². The molecule has 1 saturated heterocycles. The van der Waals surface area contributed by atoms with E-state index in [0.29, 0.717) is 0 Å². The maximum absolute atomic E-state index is 11.6. The van der Waals surface area contributed by atoms with E-state index < -0.39 is 12.2 Å². The molecule has 0 saturated carbocycles. The second kappa shape index (κ2) is 22.6. The molecule has 2 aliphatic rings. The van der Waals surface area contributed by atoms with E-state index in [0.717, 1.165) is 102 Å². The number of carbonyl (C=O) groups is 1. The summed E-state index contributed by atoms with van der Waals surface area (Å²) < 4.78 is 11.2. The Bertz CT molecular complexity index is 694. The first kappa shape index (κ1) is 36.2. The van der Waals surface area contributed by atoms with Gasteiger partial charge in [0.05, 0.1) is 30.5 Å². The van der Waals surface area contributed by atoms with Gasteiger partial charge in [0, 0.05) is 5.57 Å². The monoisotopic (exact) mass is 580 g/mol. The predicted octanol–water partition coefficient (Wildman–Crippen LogP) is 8.09. The van der Waals surface area contributed by atoms with Crippen LogP contribution in [-0.2, 0) is 14.3 Å². The second-order valence-corrected chi connectivity index (χ2v) is 12.9. The predicted molar refractivity (Wildman–Crippen MR) is 167 cm³/mol. The van der Waals surface area contributed by atoms with Gasteiger partial charge in [-0.1, -0.05) is 110 Å². The van der Waals surface area contributed by atoms with Gasteiger partial charge in [0.1, 0.15) is 6.10 Å². The van der Waals surface area contributed by atoms with Crippen LogP contribution in [0.5, 0.6) is 0 Å². The number of rotatable bonds is 26. The molecule has 0 bridgehead atoms. The SMILES string of the molecule is CCCCCCCCCCC(O)C1CCC(C(O)CCCCCC(O)CCCCCCCCC2=C[C@H](C)OC2=O)O1. The van der Waals surface area contributed by atoms with Crippen molar-refractivity contribution in [1.29, 1.82) is 0 Å². The highest BCUT2D eigenvalue weighted by Gasteiger charge is 2.34. The molecule has 3 N–H and O–H groups in total. The summed E-state index contributed by atoms with van der Waals surface area (Å²) in [5, 5.41) is 31.5. The molecular weight excluding hydrogens is 516 g/mol. The largest absolute Gasteiger partial charge is 0.455 e. The van der Waals surface area contributed by atoms with Crippen molar-refractivity contribution >= 4 is 5.97 Å². The third kappa shape index (κ3) is 16.5. The molecule has 1 fully saturated rings. The number of aliphatic hydroxyl groups is 3. The van der Waals surface area contributed by atoms with E-state index in [2.05, 4.69) is 6.92 Å². The van der Waals surface area contributed by atoms with Crippen LogP contribution in [0.2, 0.25) is 0 Å². The first-order chi connectivity index (χ1) is 19.9. The molecule has 0 aromatic rings. The summed E-state index contributed by atoms with van der Waals surface area (Å²) in [5.41, 5.74) is 0.843. The van der Waals surface area contributed by atoms with Crippen LogP contribution in [0.15, 0.2) is 11.6 Å². The molecule has 2 heterocycles. The van der Waals surface area contributed by atoms with Crippen molar-refractivity contribution in [3.63, 3.8) is 0 Å². The van der Waals surface area contributed by atoms with E-state index in [9.17, 15) is 20.1 Å². The molecule has 2 aliphatic heterocycles. The van der Waals surface area contributed by atoms with Gasteiger partial charge in [-0.2, -0.15) is 0 Å². The fourth-order valence-electron chi connectivity index (χ4n) is 6.39.